The van der Waals surface area contributed by atoms with Crippen LogP contribution in [0.2, 0.25) is 0 Å². The first-order valence-electron chi connectivity index (χ1n) is 7.02. The highest BCUT2D eigenvalue weighted by atomic mass is 35.5. The zero-order valence-electron chi connectivity index (χ0n) is 11.6. The summed E-state index contributed by atoms with van der Waals surface area (Å²) >= 11 is 0. The Hall–Kier alpha value is -1.13. The number of carbonyl (C=O) groups is 1. The molecular formula is C15H21ClFN2O-. The van der Waals surface area contributed by atoms with Crippen LogP contribution < -0.4 is 17.7 Å². The van der Waals surface area contributed by atoms with Gasteiger partial charge in [0, 0.05) is 13.0 Å². The summed E-state index contributed by atoms with van der Waals surface area (Å²) in [5, 5.41) is 2.62. The Balaban J connectivity index is 0.00000200. The maximum Gasteiger partial charge on any atom is 0.225 e. The van der Waals surface area contributed by atoms with Crippen LogP contribution in [0.15, 0.2) is 24.3 Å². The van der Waals surface area contributed by atoms with Crippen LogP contribution in [0.25, 0.3) is 0 Å². The summed E-state index contributed by atoms with van der Waals surface area (Å²) in [6, 6.07) is 6.26. The summed E-state index contributed by atoms with van der Waals surface area (Å²) in [7, 11) is 0. The topological polar surface area (TPSA) is 32.3 Å². The van der Waals surface area contributed by atoms with Crippen LogP contribution in [0.3, 0.4) is 0 Å². The lowest BCUT2D eigenvalue weighted by Gasteiger charge is -2.19. The van der Waals surface area contributed by atoms with Gasteiger partial charge in [-0.3, -0.25) is 4.79 Å². The Morgan fingerprint density at radius 3 is 2.45 bits per heavy atom. The minimum atomic E-state index is -0.384. The van der Waals surface area contributed by atoms with Gasteiger partial charge in [0.15, 0.2) is 0 Å². The molecule has 0 bridgehead atoms. The second-order valence-corrected chi connectivity index (χ2v) is 5.03. The van der Waals surface area contributed by atoms with Crippen molar-refractivity contribution in [2.75, 3.05) is 25.0 Å². The van der Waals surface area contributed by atoms with Gasteiger partial charge in [0.25, 0.3) is 0 Å². The molecule has 1 saturated heterocycles. The van der Waals surface area contributed by atoms with Gasteiger partial charge in [-0.2, -0.15) is 0 Å². The lowest BCUT2D eigenvalue weighted by molar-refractivity contribution is -0.116. The van der Waals surface area contributed by atoms with Crippen molar-refractivity contribution in [1.29, 1.82) is 0 Å². The molecule has 2 rings (SSSR count). The SMILES string of the molecule is O=C(CCN1CCCCCC1)Nc1ccccc1F.[Cl-]. The van der Waals surface area contributed by atoms with E-state index in [4.69, 9.17) is 0 Å². The third kappa shape index (κ3) is 5.47. The van der Waals surface area contributed by atoms with Crippen molar-refractivity contribution < 1.29 is 21.6 Å². The maximum absolute atomic E-state index is 13.4. The molecule has 0 aromatic heterocycles. The second-order valence-electron chi connectivity index (χ2n) is 5.03. The van der Waals surface area contributed by atoms with Gasteiger partial charge >= 0.3 is 0 Å². The maximum atomic E-state index is 13.4. The highest BCUT2D eigenvalue weighted by Crippen LogP contribution is 2.13. The molecule has 1 N–H and O–H groups in total. The smallest absolute Gasteiger partial charge is 0.225 e. The van der Waals surface area contributed by atoms with Gasteiger partial charge in [0.2, 0.25) is 5.91 Å². The van der Waals surface area contributed by atoms with Gasteiger partial charge < -0.3 is 22.6 Å². The average molecular weight is 300 g/mol. The molecule has 0 aliphatic carbocycles. The lowest BCUT2D eigenvalue weighted by atomic mass is 10.2. The molecule has 3 nitrogen and oxygen atoms in total. The molecule has 0 unspecified atom stereocenters. The highest BCUT2D eigenvalue weighted by molar-refractivity contribution is 5.90. The second kappa shape index (κ2) is 8.93. The molecule has 5 heteroatoms. The number of nitrogens with one attached hydrogen (secondary N) is 1. The van der Waals surface area contributed by atoms with Crippen molar-refractivity contribution in [3.63, 3.8) is 0 Å². The predicted molar refractivity (Wildman–Crippen MR) is 74.6 cm³/mol. The largest absolute Gasteiger partial charge is 1.00 e. The monoisotopic (exact) mass is 299 g/mol. The number of carbonyl (C=O) groups excluding carboxylic acids is 1. The number of para-hydroxylation sites is 1. The van der Waals surface area contributed by atoms with E-state index in [0.29, 0.717) is 6.42 Å². The molecule has 1 fully saturated rings. The number of hydrogen-bond acceptors (Lipinski definition) is 2. The van der Waals surface area contributed by atoms with Gasteiger partial charge in [0.1, 0.15) is 5.82 Å². The number of benzene rings is 1. The first-order valence-corrected chi connectivity index (χ1v) is 7.02. The van der Waals surface area contributed by atoms with Gasteiger partial charge in [-0.25, -0.2) is 4.39 Å². The molecule has 0 spiro atoms. The van der Waals surface area contributed by atoms with Crippen LogP contribution in [0, 0.1) is 5.82 Å². The van der Waals surface area contributed by atoms with E-state index in [1.807, 2.05) is 0 Å². The normalized spacial score (nSPS) is 16.1. The third-order valence-corrected chi connectivity index (χ3v) is 3.50. The average Bonchev–Trinajstić information content (AvgIpc) is 2.68. The van der Waals surface area contributed by atoms with Crippen molar-refractivity contribution in [3.05, 3.63) is 30.1 Å². The molecule has 0 radical (unpaired) electrons. The van der Waals surface area contributed by atoms with E-state index < -0.39 is 0 Å². The molecular weight excluding hydrogens is 279 g/mol. The summed E-state index contributed by atoms with van der Waals surface area (Å²) in [4.78, 5) is 14.1. The number of likely N-dealkylation sites (tertiary alicyclic amines) is 1. The minimum absolute atomic E-state index is 0. The fourth-order valence-corrected chi connectivity index (χ4v) is 2.39. The van der Waals surface area contributed by atoms with Crippen LogP contribution in [0.1, 0.15) is 32.1 Å². The summed E-state index contributed by atoms with van der Waals surface area (Å²) in [6.45, 7) is 2.92. The van der Waals surface area contributed by atoms with E-state index in [0.717, 1.165) is 19.6 Å². The molecule has 1 heterocycles. The number of amides is 1. The van der Waals surface area contributed by atoms with E-state index in [-0.39, 0.29) is 29.8 Å². The van der Waals surface area contributed by atoms with Crippen LogP contribution in [0.5, 0.6) is 0 Å². The quantitative estimate of drug-likeness (QED) is 0.851. The molecule has 1 aliphatic heterocycles. The van der Waals surface area contributed by atoms with Crippen molar-refractivity contribution in [2.24, 2.45) is 0 Å². The Labute approximate surface area is 125 Å². The zero-order chi connectivity index (χ0) is 13.5. The first kappa shape index (κ1) is 16.9. The summed E-state index contributed by atoms with van der Waals surface area (Å²) in [6.07, 6.45) is 5.44. The number of halogens is 2. The predicted octanol–water partition coefficient (Wildman–Crippen LogP) is 0.0343. The lowest BCUT2D eigenvalue weighted by Crippen LogP contribution is -3.00. The Bertz CT molecular complexity index is 420. The molecule has 112 valence electrons. The number of nitrogens with zero attached hydrogens (tertiary/aromatic N) is 1. The van der Waals surface area contributed by atoms with E-state index in [9.17, 15) is 9.18 Å². The molecule has 1 aromatic carbocycles. The Morgan fingerprint density at radius 1 is 1.15 bits per heavy atom. The third-order valence-electron chi connectivity index (χ3n) is 3.50. The van der Waals surface area contributed by atoms with E-state index >= 15 is 0 Å². The standard InChI is InChI=1S/C15H21FN2O.ClH/c16-13-7-3-4-8-14(13)17-15(19)9-12-18-10-5-1-2-6-11-18;/h3-4,7-8H,1-2,5-6,9-12H2,(H,17,19);1H/p-1. The first-order chi connectivity index (χ1) is 9.25. The zero-order valence-corrected chi connectivity index (χ0v) is 12.3. The van der Waals surface area contributed by atoms with Crippen molar-refractivity contribution in [1.82, 2.24) is 4.90 Å². The Morgan fingerprint density at radius 2 is 1.80 bits per heavy atom. The molecule has 1 amide bonds. The fourth-order valence-electron chi connectivity index (χ4n) is 2.39. The van der Waals surface area contributed by atoms with Gasteiger partial charge in [-0.15, -0.1) is 0 Å². The van der Waals surface area contributed by atoms with Crippen LogP contribution in [-0.2, 0) is 4.79 Å². The minimum Gasteiger partial charge on any atom is -1.00 e. The van der Waals surface area contributed by atoms with Gasteiger partial charge in [-0.1, -0.05) is 25.0 Å². The summed E-state index contributed by atoms with van der Waals surface area (Å²) < 4.78 is 13.4. The van der Waals surface area contributed by atoms with Crippen LogP contribution in [0.4, 0.5) is 10.1 Å². The van der Waals surface area contributed by atoms with Gasteiger partial charge in [-0.05, 0) is 38.1 Å². The number of anilines is 1. The molecule has 1 aromatic rings. The number of hydrogen-bond donors (Lipinski definition) is 1. The van der Waals surface area contributed by atoms with Crippen molar-refractivity contribution in [3.8, 4) is 0 Å². The van der Waals surface area contributed by atoms with Gasteiger partial charge in [0.05, 0.1) is 5.69 Å². The van der Waals surface area contributed by atoms with E-state index in [1.165, 1.54) is 31.7 Å². The number of rotatable bonds is 4. The fraction of sp³-hybridized carbons (Fsp3) is 0.533. The summed E-state index contributed by atoms with van der Waals surface area (Å²) in [5.74, 6) is -0.500. The van der Waals surface area contributed by atoms with Crippen molar-refractivity contribution >= 4 is 11.6 Å². The highest BCUT2D eigenvalue weighted by Gasteiger charge is 2.11. The molecule has 20 heavy (non-hydrogen) atoms. The Kier molecular flexibility index (Phi) is 7.55. The molecule has 1 aliphatic rings. The molecule has 0 atom stereocenters. The summed E-state index contributed by atoms with van der Waals surface area (Å²) in [5.41, 5.74) is 0.267. The molecule has 0 saturated carbocycles. The van der Waals surface area contributed by atoms with E-state index in [2.05, 4.69) is 10.2 Å². The van der Waals surface area contributed by atoms with E-state index in [1.54, 1.807) is 18.2 Å². The van der Waals surface area contributed by atoms with Crippen LogP contribution >= 0.6 is 0 Å². The van der Waals surface area contributed by atoms with Crippen LogP contribution in [-0.4, -0.2) is 30.4 Å². The van der Waals surface area contributed by atoms with Crippen molar-refractivity contribution in [2.45, 2.75) is 32.1 Å².